The maximum absolute atomic E-state index is 13.7. The van der Waals surface area contributed by atoms with E-state index in [1.54, 1.807) is 17.7 Å². The Labute approximate surface area is 191 Å². The van der Waals surface area contributed by atoms with Gasteiger partial charge in [0, 0.05) is 12.6 Å². The lowest BCUT2D eigenvalue weighted by molar-refractivity contribution is 0.139. The summed E-state index contributed by atoms with van der Waals surface area (Å²) in [6.45, 7) is 4.97. The minimum atomic E-state index is -0.191. The summed E-state index contributed by atoms with van der Waals surface area (Å²) in [6, 6.07) is 8.24. The average Bonchev–Trinajstić information content (AvgIpc) is 3.51. The van der Waals surface area contributed by atoms with E-state index in [0.717, 1.165) is 50.5 Å². The molecule has 0 radical (unpaired) electrons. The fourth-order valence-electron chi connectivity index (χ4n) is 5.92. The standard InChI is InChI=1S/C27H36FN3O/c1-2-3-4-7-19-8-5-9-23-22(19)15-17-31(26(23)20-11-13-21(28)14-12-20)27-30-18-25(32-27)24-10-6-16-29-24/h5,9,11-14,19,24-26,29H,2-4,6-8,10,15-18H2,1H3/t19?,24-,25+,26+/m1/s1. The molecular formula is C27H36FN3O. The molecule has 5 heteroatoms. The molecule has 0 amide bonds. The maximum atomic E-state index is 13.7. The summed E-state index contributed by atoms with van der Waals surface area (Å²) in [4.78, 5) is 7.19. The third-order valence-corrected chi connectivity index (χ3v) is 7.61. The number of benzene rings is 1. The molecule has 1 fully saturated rings. The molecule has 1 saturated heterocycles. The Hall–Kier alpha value is -2.14. The van der Waals surface area contributed by atoms with Gasteiger partial charge in [0.05, 0.1) is 12.6 Å². The van der Waals surface area contributed by atoms with Crippen molar-refractivity contribution < 1.29 is 9.13 Å². The van der Waals surface area contributed by atoms with Gasteiger partial charge < -0.3 is 15.0 Å². The molecule has 1 aliphatic carbocycles. The number of allylic oxidation sites excluding steroid dienone is 1. The third-order valence-electron chi connectivity index (χ3n) is 7.61. The van der Waals surface area contributed by atoms with Crippen molar-refractivity contribution in [2.75, 3.05) is 19.6 Å². The van der Waals surface area contributed by atoms with Gasteiger partial charge in [0.2, 0.25) is 0 Å². The van der Waals surface area contributed by atoms with Crippen LogP contribution in [-0.4, -0.2) is 42.7 Å². The van der Waals surface area contributed by atoms with Gasteiger partial charge in [0.25, 0.3) is 6.02 Å². The highest BCUT2D eigenvalue weighted by Gasteiger charge is 2.39. The van der Waals surface area contributed by atoms with E-state index < -0.39 is 0 Å². The van der Waals surface area contributed by atoms with Crippen molar-refractivity contribution in [3.05, 3.63) is 58.9 Å². The first-order chi connectivity index (χ1) is 15.7. The summed E-state index contributed by atoms with van der Waals surface area (Å²) in [6.07, 6.45) is 14.5. The summed E-state index contributed by atoms with van der Waals surface area (Å²) >= 11 is 0. The summed E-state index contributed by atoms with van der Waals surface area (Å²) < 4.78 is 20.2. The highest BCUT2D eigenvalue weighted by atomic mass is 19.1. The van der Waals surface area contributed by atoms with Crippen molar-refractivity contribution >= 4 is 6.02 Å². The van der Waals surface area contributed by atoms with Crippen molar-refractivity contribution in [3.63, 3.8) is 0 Å². The van der Waals surface area contributed by atoms with Gasteiger partial charge in [-0.25, -0.2) is 9.38 Å². The number of unbranched alkanes of at least 4 members (excludes halogenated alkanes) is 2. The van der Waals surface area contributed by atoms with Crippen molar-refractivity contribution in [1.29, 1.82) is 0 Å². The quantitative estimate of drug-likeness (QED) is 0.595. The van der Waals surface area contributed by atoms with E-state index in [2.05, 4.69) is 29.3 Å². The van der Waals surface area contributed by atoms with E-state index in [1.165, 1.54) is 37.7 Å². The maximum Gasteiger partial charge on any atom is 0.288 e. The first-order valence-electron chi connectivity index (χ1n) is 12.6. The Morgan fingerprint density at radius 1 is 1.22 bits per heavy atom. The van der Waals surface area contributed by atoms with Crippen LogP contribution >= 0.6 is 0 Å². The number of amidine groups is 1. The monoisotopic (exact) mass is 437 g/mol. The fourth-order valence-corrected chi connectivity index (χ4v) is 5.92. The van der Waals surface area contributed by atoms with E-state index in [0.29, 0.717) is 12.0 Å². The Morgan fingerprint density at radius 3 is 2.88 bits per heavy atom. The predicted octanol–water partition coefficient (Wildman–Crippen LogP) is 5.53. The second-order valence-corrected chi connectivity index (χ2v) is 9.69. The van der Waals surface area contributed by atoms with Crippen LogP contribution < -0.4 is 5.32 Å². The normalized spacial score (nSPS) is 29.8. The number of halogens is 1. The number of nitrogens with zero attached hydrogens (tertiary/aromatic N) is 2. The third kappa shape index (κ3) is 4.36. The largest absolute Gasteiger partial charge is 0.458 e. The Morgan fingerprint density at radius 2 is 2.09 bits per heavy atom. The average molecular weight is 438 g/mol. The molecule has 0 aromatic heterocycles. The molecule has 3 heterocycles. The van der Waals surface area contributed by atoms with Crippen LogP contribution in [0.5, 0.6) is 0 Å². The summed E-state index contributed by atoms with van der Waals surface area (Å²) in [5, 5.41) is 3.57. The SMILES string of the molecule is CCCCCC1CC=CC2=C1CCN(C1=NC[C@@H]([C@H]3CCCN3)O1)[C@H]2c1ccc(F)cc1. The van der Waals surface area contributed by atoms with Crippen molar-refractivity contribution in [2.45, 2.75) is 76.5 Å². The molecule has 1 aromatic rings. The molecule has 0 saturated carbocycles. The molecule has 3 aliphatic heterocycles. The number of aliphatic imine (C=N–C) groups is 1. The zero-order chi connectivity index (χ0) is 21.9. The number of rotatable bonds is 6. The van der Waals surface area contributed by atoms with Crippen molar-refractivity contribution in [2.24, 2.45) is 10.9 Å². The lowest BCUT2D eigenvalue weighted by Gasteiger charge is -2.42. The highest BCUT2D eigenvalue weighted by Crippen LogP contribution is 2.44. The van der Waals surface area contributed by atoms with Gasteiger partial charge in [-0.1, -0.05) is 56.0 Å². The van der Waals surface area contributed by atoms with Crippen LogP contribution in [0.2, 0.25) is 0 Å². The van der Waals surface area contributed by atoms with Crippen LogP contribution in [0.4, 0.5) is 4.39 Å². The number of hydrogen-bond acceptors (Lipinski definition) is 4. The van der Waals surface area contributed by atoms with E-state index in [4.69, 9.17) is 9.73 Å². The summed E-state index contributed by atoms with van der Waals surface area (Å²) in [7, 11) is 0. The summed E-state index contributed by atoms with van der Waals surface area (Å²) in [5.41, 5.74) is 4.09. The lowest BCUT2D eigenvalue weighted by Crippen LogP contribution is -2.44. The molecule has 1 unspecified atom stereocenters. The molecule has 0 spiro atoms. The van der Waals surface area contributed by atoms with Gasteiger partial charge in [0.15, 0.2) is 0 Å². The van der Waals surface area contributed by atoms with Gasteiger partial charge in [-0.2, -0.15) is 0 Å². The van der Waals surface area contributed by atoms with Gasteiger partial charge in [-0.15, -0.1) is 0 Å². The molecule has 1 aromatic carbocycles. The fraction of sp³-hybridized carbons (Fsp3) is 0.593. The zero-order valence-corrected chi connectivity index (χ0v) is 19.2. The van der Waals surface area contributed by atoms with Crippen LogP contribution in [0, 0.1) is 11.7 Å². The molecule has 32 heavy (non-hydrogen) atoms. The van der Waals surface area contributed by atoms with Crippen molar-refractivity contribution in [1.82, 2.24) is 10.2 Å². The predicted molar refractivity (Wildman–Crippen MR) is 127 cm³/mol. The van der Waals surface area contributed by atoms with Crippen LogP contribution in [0.15, 0.2) is 52.6 Å². The van der Waals surface area contributed by atoms with Crippen LogP contribution in [-0.2, 0) is 4.74 Å². The molecule has 0 bridgehead atoms. The van der Waals surface area contributed by atoms with Crippen LogP contribution in [0.25, 0.3) is 0 Å². The van der Waals surface area contributed by atoms with Gasteiger partial charge in [-0.05, 0) is 67.8 Å². The second-order valence-electron chi connectivity index (χ2n) is 9.69. The smallest absolute Gasteiger partial charge is 0.288 e. The van der Waals surface area contributed by atoms with Crippen LogP contribution in [0.1, 0.15) is 69.9 Å². The first kappa shape index (κ1) is 21.7. The molecule has 172 valence electrons. The van der Waals surface area contributed by atoms with E-state index in [1.807, 2.05) is 12.1 Å². The van der Waals surface area contributed by atoms with E-state index >= 15 is 0 Å². The molecule has 4 nitrogen and oxygen atoms in total. The molecule has 5 rings (SSSR count). The second kappa shape index (κ2) is 9.78. The minimum absolute atomic E-state index is 0.0404. The Kier molecular flexibility index (Phi) is 6.63. The van der Waals surface area contributed by atoms with E-state index in [-0.39, 0.29) is 18.0 Å². The minimum Gasteiger partial charge on any atom is -0.458 e. The van der Waals surface area contributed by atoms with Crippen molar-refractivity contribution in [3.8, 4) is 0 Å². The zero-order valence-electron chi connectivity index (χ0n) is 19.2. The molecule has 1 N–H and O–H groups in total. The molecular weight excluding hydrogens is 401 g/mol. The molecule has 4 aliphatic rings. The lowest BCUT2D eigenvalue weighted by atomic mass is 9.76. The number of hydrogen-bond donors (Lipinski definition) is 1. The Balaban J connectivity index is 1.43. The molecule has 4 atom stereocenters. The Bertz CT molecular complexity index is 885. The van der Waals surface area contributed by atoms with Gasteiger partial charge in [-0.3, -0.25) is 0 Å². The highest BCUT2D eigenvalue weighted by molar-refractivity contribution is 5.77. The van der Waals surface area contributed by atoms with Gasteiger partial charge in [0.1, 0.15) is 11.9 Å². The number of nitrogens with one attached hydrogen (secondary N) is 1. The first-order valence-corrected chi connectivity index (χ1v) is 12.6. The topological polar surface area (TPSA) is 36.9 Å². The number of ether oxygens (including phenoxy) is 1. The van der Waals surface area contributed by atoms with Crippen LogP contribution in [0.3, 0.4) is 0 Å². The van der Waals surface area contributed by atoms with E-state index in [9.17, 15) is 4.39 Å². The summed E-state index contributed by atoms with van der Waals surface area (Å²) in [5.74, 6) is 0.442. The van der Waals surface area contributed by atoms with Gasteiger partial charge >= 0.3 is 0 Å².